The van der Waals surface area contributed by atoms with Crippen LogP contribution in [0, 0.1) is 5.92 Å². The zero-order chi connectivity index (χ0) is 20.2. The molecule has 1 fully saturated rings. The van der Waals surface area contributed by atoms with Crippen molar-refractivity contribution in [2.45, 2.75) is 26.8 Å². The Hall–Kier alpha value is -2.51. The van der Waals surface area contributed by atoms with Crippen LogP contribution in [0.3, 0.4) is 0 Å². The van der Waals surface area contributed by atoms with E-state index >= 15 is 0 Å². The maximum Gasteiger partial charge on any atom is 0.274 e. The Bertz CT molecular complexity index is 941. The van der Waals surface area contributed by atoms with E-state index in [1.165, 1.54) is 0 Å². The van der Waals surface area contributed by atoms with E-state index in [4.69, 9.17) is 4.98 Å². The van der Waals surface area contributed by atoms with E-state index in [9.17, 15) is 4.79 Å². The van der Waals surface area contributed by atoms with Crippen LogP contribution < -0.4 is 0 Å². The summed E-state index contributed by atoms with van der Waals surface area (Å²) in [4.78, 5) is 21.8. The lowest BCUT2D eigenvalue weighted by molar-refractivity contribution is 0.0621. The van der Waals surface area contributed by atoms with E-state index in [0.717, 1.165) is 61.1 Å². The van der Waals surface area contributed by atoms with Crippen molar-refractivity contribution in [3.63, 3.8) is 0 Å². The Morgan fingerprint density at radius 1 is 1.17 bits per heavy atom. The van der Waals surface area contributed by atoms with E-state index in [1.54, 1.807) is 11.3 Å². The van der Waals surface area contributed by atoms with Gasteiger partial charge in [0.2, 0.25) is 0 Å². The summed E-state index contributed by atoms with van der Waals surface area (Å²) in [5.74, 6) is 0.561. The molecule has 2 aromatic heterocycles. The maximum atomic E-state index is 12.7. The summed E-state index contributed by atoms with van der Waals surface area (Å²) in [6, 6.07) is 12.2. The molecule has 29 heavy (non-hydrogen) atoms. The maximum absolute atomic E-state index is 12.7. The largest absolute Gasteiger partial charge is 0.335 e. The molecule has 0 saturated carbocycles. The summed E-state index contributed by atoms with van der Waals surface area (Å²) in [7, 11) is 0. The number of hydrogen-bond acceptors (Lipinski definition) is 5. The number of thiazole rings is 1. The van der Waals surface area contributed by atoms with Crippen molar-refractivity contribution in [3.05, 3.63) is 58.9 Å². The van der Waals surface area contributed by atoms with Gasteiger partial charge in [0, 0.05) is 49.4 Å². The number of amides is 1. The summed E-state index contributed by atoms with van der Waals surface area (Å²) in [6.45, 7) is 8.30. The number of piperazine rings is 1. The molecular formula is C22H27N5OS. The lowest BCUT2D eigenvalue weighted by Crippen LogP contribution is -2.48. The number of aromatic amines is 1. The van der Waals surface area contributed by atoms with Crippen LogP contribution in [0.1, 0.15) is 35.7 Å². The van der Waals surface area contributed by atoms with Gasteiger partial charge in [0.15, 0.2) is 0 Å². The number of H-pyrrole nitrogens is 1. The highest BCUT2D eigenvalue weighted by molar-refractivity contribution is 7.13. The van der Waals surface area contributed by atoms with Crippen LogP contribution in [0.2, 0.25) is 0 Å². The van der Waals surface area contributed by atoms with Crippen LogP contribution >= 0.6 is 11.3 Å². The third-order valence-electron chi connectivity index (χ3n) is 5.10. The fourth-order valence-electron chi connectivity index (χ4n) is 3.61. The molecule has 3 aromatic rings. The molecule has 1 aromatic carbocycles. The summed E-state index contributed by atoms with van der Waals surface area (Å²) >= 11 is 1.69. The predicted octanol–water partition coefficient (Wildman–Crippen LogP) is 3.69. The molecule has 0 aliphatic carbocycles. The summed E-state index contributed by atoms with van der Waals surface area (Å²) < 4.78 is 0. The molecule has 0 bridgehead atoms. The van der Waals surface area contributed by atoms with Crippen LogP contribution in [-0.2, 0) is 13.0 Å². The topological polar surface area (TPSA) is 65.1 Å². The zero-order valence-electron chi connectivity index (χ0n) is 17.0. The second kappa shape index (κ2) is 8.88. The van der Waals surface area contributed by atoms with Gasteiger partial charge in [-0.05, 0) is 18.4 Å². The first kappa shape index (κ1) is 19.8. The molecule has 1 saturated heterocycles. The molecular weight excluding hydrogens is 382 g/mol. The number of benzene rings is 1. The van der Waals surface area contributed by atoms with Crippen molar-refractivity contribution in [1.29, 1.82) is 0 Å². The predicted molar refractivity (Wildman–Crippen MR) is 116 cm³/mol. The van der Waals surface area contributed by atoms with Gasteiger partial charge < -0.3 is 4.90 Å². The molecule has 0 spiro atoms. The van der Waals surface area contributed by atoms with Crippen LogP contribution in [0.15, 0.2) is 41.8 Å². The lowest BCUT2D eigenvalue weighted by Gasteiger charge is -2.34. The third kappa shape index (κ3) is 4.92. The first-order valence-corrected chi connectivity index (χ1v) is 11.0. The quantitative estimate of drug-likeness (QED) is 0.674. The Morgan fingerprint density at radius 3 is 2.66 bits per heavy atom. The van der Waals surface area contributed by atoms with Gasteiger partial charge in [-0.1, -0.05) is 44.2 Å². The Morgan fingerprint density at radius 2 is 1.93 bits per heavy atom. The minimum Gasteiger partial charge on any atom is -0.335 e. The molecule has 0 atom stereocenters. The van der Waals surface area contributed by atoms with Crippen LogP contribution in [0.4, 0.5) is 0 Å². The molecule has 0 unspecified atom stereocenters. The van der Waals surface area contributed by atoms with E-state index in [2.05, 4.69) is 46.5 Å². The van der Waals surface area contributed by atoms with Gasteiger partial charge >= 0.3 is 0 Å². The number of nitrogens with one attached hydrogen (secondary N) is 1. The molecule has 0 radical (unpaired) electrons. The minimum atomic E-state index is 0.0240. The van der Waals surface area contributed by atoms with Crippen molar-refractivity contribution in [1.82, 2.24) is 25.0 Å². The Labute approximate surface area is 175 Å². The number of aromatic nitrogens is 3. The SMILES string of the molecule is CC(C)Cc1cc(C(=O)N2CCN(Cc3csc(-c4ccccc4)n3)CC2)n[nH]1. The second-order valence-electron chi connectivity index (χ2n) is 7.95. The van der Waals surface area contributed by atoms with Crippen LogP contribution in [-0.4, -0.2) is 57.1 Å². The van der Waals surface area contributed by atoms with Gasteiger partial charge in [-0.15, -0.1) is 11.3 Å². The molecule has 1 amide bonds. The monoisotopic (exact) mass is 409 g/mol. The standard InChI is InChI=1S/C22H27N5OS/c1-16(2)12-18-13-20(25-24-18)22(28)27-10-8-26(9-11-27)14-19-15-29-21(23-19)17-6-4-3-5-7-17/h3-7,13,15-16H,8-12,14H2,1-2H3,(H,24,25). The van der Waals surface area contributed by atoms with Crippen molar-refractivity contribution in [2.24, 2.45) is 5.92 Å². The summed E-state index contributed by atoms with van der Waals surface area (Å²) in [6.07, 6.45) is 0.909. The number of hydrogen-bond donors (Lipinski definition) is 1. The van der Waals surface area contributed by atoms with Crippen LogP contribution in [0.5, 0.6) is 0 Å². The van der Waals surface area contributed by atoms with Gasteiger partial charge in [-0.3, -0.25) is 14.8 Å². The Balaban J connectivity index is 1.30. The molecule has 1 aliphatic rings. The Kier molecular flexibility index (Phi) is 6.06. The van der Waals surface area contributed by atoms with E-state index in [0.29, 0.717) is 11.6 Å². The molecule has 3 heterocycles. The molecule has 6 nitrogen and oxygen atoms in total. The summed E-state index contributed by atoms with van der Waals surface area (Å²) in [5, 5.41) is 10.4. The van der Waals surface area contributed by atoms with Crippen molar-refractivity contribution < 1.29 is 4.79 Å². The van der Waals surface area contributed by atoms with Crippen molar-refractivity contribution >= 4 is 17.2 Å². The first-order valence-electron chi connectivity index (χ1n) is 10.1. The lowest BCUT2D eigenvalue weighted by atomic mass is 10.1. The third-order valence-corrected chi connectivity index (χ3v) is 6.04. The van der Waals surface area contributed by atoms with Crippen molar-refractivity contribution in [2.75, 3.05) is 26.2 Å². The summed E-state index contributed by atoms with van der Waals surface area (Å²) in [5.41, 5.74) is 3.81. The molecule has 4 rings (SSSR count). The van der Waals surface area contributed by atoms with E-state index < -0.39 is 0 Å². The van der Waals surface area contributed by atoms with Gasteiger partial charge in [0.05, 0.1) is 5.69 Å². The number of carbonyl (C=O) groups is 1. The van der Waals surface area contributed by atoms with E-state index in [1.807, 2.05) is 29.2 Å². The van der Waals surface area contributed by atoms with Crippen molar-refractivity contribution in [3.8, 4) is 10.6 Å². The average molecular weight is 410 g/mol. The van der Waals surface area contributed by atoms with E-state index in [-0.39, 0.29) is 5.91 Å². The highest BCUT2D eigenvalue weighted by atomic mass is 32.1. The minimum absolute atomic E-state index is 0.0240. The normalized spacial score (nSPS) is 15.2. The average Bonchev–Trinajstić information content (AvgIpc) is 3.38. The first-order chi connectivity index (χ1) is 14.1. The highest BCUT2D eigenvalue weighted by Gasteiger charge is 2.24. The number of nitrogens with zero attached hydrogens (tertiary/aromatic N) is 4. The fourth-order valence-corrected chi connectivity index (χ4v) is 4.43. The van der Waals surface area contributed by atoms with Gasteiger partial charge in [0.25, 0.3) is 5.91 Å². The zero-order valence-corrected chi connectivity index (χ0v) is 17.8. The van der Waals surface area contributed by atoms with Gasteiger partial charge in [-0.2, -0.15) is 5.10 Å². The van der Waals surface area contributed by atoms with Gasteiger partial charge in [-0.25, -0.2) is 4.98 Å². The number of rotatable bonds is 6. The highest BCUT2D eigenvalue weighted by Crippen LogP contribution is 2.24. The smallest absolute Gasteiger partial charge is 0.274 e. The fraction of sp³-hybridized carbons (Fsp3) is 0.409. The molecule has 1 N–H and O–H groups in total. The van der Waals surface area contributed by atoms with Crippen LogP contribution in [0.25, 0.3) is 10.6 Å². The number of carbonyl (C=O) groups excluding carboxylic acids is 1. The van der Waals surface area contributed by atoms with Gasteiger partial charge in [0.1, 0.15) is 10.7 Å². The molecule has 1 aliphatic heterocycles. The molecule has 7 heteroatoms. The molecule has 152 valence electrons. The second-order valence-corrected chi connectivity index (χ2v) is 8.81.